The van der Waals surface area contributed by atoms with Crippen LogP contribution in [-0.4, -0.2) is 47.3 Å². The first-order valence-electron chi connectivity index (χ1n) is 6.32. The highest BCUT2D eigenvalue weighted by Gasteiger charge is 2.41. The standard InChI is InChI=1S/C11H17N5O2/c1-12-5-4-9-14-15-10(18-9)8-3-2-7-6-16(8)11(17)13-7/h7-8,12H,2-6H2,1H3,(H,13,17). The van der Waals surface area contributed by atoms with Gasteiger partial charge < -0.3 is 20.0 Å². The van der Waals surface area contributed by atoms with E-state index in [4.69, 9.17) is 4.42 Å². The van der Waals surface area contributed by atoms with Crippen molar-refractivity contribution in [2.24, 2.45) is 0 Å². The van der Waals surface area contributed by atoms with Gasteiger partial charge in [-0.1, -0.05) is 0 Å². The lowest BCUT2D eigenvalue weighted by Crippen LogP contribution is -2.34. The van der Waals surface area contributed by atoms with E-state index in [9.17, 15) is 4.79 Å². The fourth-order valence-electron chi connectivity index (χ4n) is 2.56. The van der Waals surface area contributed by atoms with E-state index in [-0.39, 0.29) is 12.1 Å². The van der Waals surface area contributed by atoms with Crippen molar-refractivity contribution in [3.63, 3.8) is 0 Å². The molecular formula is C11H17N5O2. The maximum absolute atomic E-state index is 11.7. The first-order chi connectivity index (χ1) is 8.78. The van der Waals surface area contributed by atoms with Crippen molar-refractivity contribution >= 4 is 6.03 Å². The molecule has 2 N–H and O–H groups in total. The smallest absolute Gasteiger partial charge is 0.318 e. The summed E-state index contributed by atoms with van der Waals surface area (Å²) >= 11 is 0. The number of hydrogen-bond donors (Lipinski definition) is 2. The summed E-state index contributed by atoms with van der Waals surface area (Å²) in [4.78, 5) is 13.5. The highest BCUT2D eigenvalue weighted by Crippen LogP contribution is 2.33. The molecule has 7 nitrogen and oxygen atoms in total. The molecule has 3 heterocycles. The number of likely N-dealkylation sites (N-methyl/N-ethyl adjacent to an activating group) is 1. The summed E-state index contributed by atoms with van der Waals surface area (Å²) in [5, 5.41) is 14.1. The van der Waals surface area contributed by atoms with Crippen LogP contribution in [0.1, 0.15) is 30.7 Å². The molecule has 0 radical (unpaired) electrons. The number of nitrogens with zero attached hydrogens (tertiary/aromatic N) is 3. The Morgan fingerprint density at radius 2 is 2.39 bits per heavy atom. The van der Waals surface area contributed by atoms with Gasteiger partial charge in [-0.05, 0) is 19.9 Å². The summed E-state index contributed by atoms with van der Waals surface area (Å²) < 4.78 is 5.64. The third-order valence-electron chi connectivity index (χ3n) is 3.53. The molecule has 2 amide bonds. The summed E-state index contributed by atoms with van der Waals surface area (Å²) in [6.07, 6.45) is 2.57. The molecule has 0 aliphatic carbocycles. The van der Waals surface area contributed by atoms with Crippen LogP contribution in [-0.2, 0) is 6.42 Å². The molecule has 0 saturated carbocycles. The van der Waals surface area contributed by atoms with Gasteiger partial charge in [0.1, 0.15) is 6.04 Å². The first kappa shape index (κ1) is 11.5. The number of fused-ring (bicyclic) bond motifs is 2. The van der Waals surface area contributed by atoms with Crippen LogP contribution >= 0.6 is 0 Å². The molecular weight excluding hydrogens is 234 g/mol. The summed E-state index contributed by atoms with van der Waals surface area (Å²) in [5.74, 6) is 1.19. The molecule has 18 heavy (non-hydrogen) atoms. The van der Waals surface area contributed by atoms with Gasteiger partial charge in [0.2, 0.25) is 11.8 Å². The Labute approximate surface area is 105 Å². The predicted octanol–water partition coefficient (Wildman–Crippen LogP) is 0.0602. The Balaban J connectivity index is 1.74. The van der Waals surface area contributed by atoms with E-state index < -0.39 is 0 Å². The number of piperidine rings is 1. The zero-order valence-corrected chi connectivity index (χ0v) is 10.3. The number of carbonyl (C=O) groups is 1. The minimum Gasteiger partial charge on any atom is -0.423 e. The van der Waals surface area contributed by atoms with E-state index >= 15 is 0 Å². The lowest BCUT2D eigenvalue weighted by Gasteiger charge is -2.27. The van der Waals surface area contributed by atoms with Crippen molar-refractivity contribution in [2.45, 2.75) is 31.3 Å². The van der Waals surface area contributed by atoms with E-state index in [0.29, 0.717) is 24.2 Å². The van der Waals surface area contributed by atoms with E-state index in [1.807, 2.05) is 7.05 Å². The van der Waals surface area contributed by atoms with Crippen LogP contribution < -0.4 is 10.6 Å². The van der Waals surface area contributed by atoms with Crippen LogP contribution in [0.2, 0.25) is 0 Å². The van der Waals surface area contributed by atoms with Crippen LogP contribution in [0.25, 0.3) is 0 Å². The fraction of sp³-hybridized carbons (Fsp3) is 0.727. The third kappa shape index (κ3) is 1.94. The molecule has 3 rings (SSSR count). The molecule has 7 heteroatoms. The molecule has 2 atom stereocenters. The van der Waals surface area contributed by atoms with Crippen LogP contribution in [0.4, 0.5) is 4.79 Å². The Morgan fingerprint density at radius 3 is 3.22 bits per heavy atom. The number of hydrogen-bond acceptors (Lipinski definition) is 5. The van der Waals surface area contributed by atoms with Crippen molar-refractivity contribution < 1.29 is 9.21 Å². The van der Waals surface area contributed by atoms with Crippen molar-refractivity contribution in [1.29, 1.82) is 0 Å². The van der Waals surface area contributed by atoms with Gasteiger partial charge in [-0.3, -0.25) is 0 Å². The minimum atomic E-state index is -0.0559. The molecule has 2 fully saturated rings. The fourth-order valence-corrected chi connectivity index (χ4v) is 2.56. The number of rotatable bonds is 4. The molecule has 0 aromatic carbocycles. The van der Waals surface area contributed by atoms with Gasteiger partial charge >= 0.3 is 6.03 Å². The van der Waals surface area contributed by atoms with Crippen LogP contribution in [0.15, 0.2) is 4.42 Å². The quantitative estimate of drug-likeness (QED) is 0.790. The van der Waals surface area contributed by atoms with E-state index in [1.165, 1.54) is 0 Å². The normalized spacial score (nSPS) is 26.5. The molecule has 2 saturated heterocycles. The van der Waals surface area contributed by atoms with Gasteiger partial charge in [0, 0.05) is 25.6 Å². The minimum absolute atomic E-state index is 0.0162. The highest BCUT2D eigenvalue weighted by atomic mass is 16.4. The van der Waals surface area contributed by atoms with E-state index in [1.54, 1.807) is 4.90 Å². The van der Waals surface area contributed by atoms with Crippen molar-refractivity contribution in [2.75, 3.05) is 20.1 Å². The maximum atomic E-state index is 11.7. The molecule has 2 aliphatic heterocycles. The average molecular weight is 251 g/mol. The van der Waals surface area contributed by atoms with Crippen molar-refractivity contribution in [1.82, 2.24) is 25.7 Å². The third-order valence-corrected chi connectivity index (χ3v) is 3.53. The summed E-state index contributed by atoms with van der Waals surface area (Å²) in [5.41, 5.74) is 0. The predicted molar refractivity (Wildman–Crippen MR) is 62.9 cm³/mol. The highest BCUT2D eigenvalue weighted by molar-refractivity contribution is 5.77. The Hall–Kier alpha value is -1.63. The van der Waals surface area contributed by atoms with Crippen LogP contribution in [0.3, 0.4) is 0 Å². The van der Waals surface area contributed by atoms with Crippen LogP contribution in [0, 0.1) is 0 Å². The zero-order chi connectivity index (χ0) is 12.5. The van der Waals surface area contributed by atoms with Gasteiger partial charge in [-0.15, -0.1) is 10.2 Å². The SMILES string of the molecule is CNCCc1nnc(C2CCC3CN2C(=O)N3)o1. The second kappa shape index (κ2) is 4.56. The maximum Gasteiger partial charge on any atom is 0.318 e. The number of amides is 2. The molecule has 98 valence electrons. The first-order valence-corrected chi connectivity index (χ1v) is 6.32. The monoisotopic (exact) mass is 251 g/mol. The molecule has 0 spiro atoms. The zero-order valence-electron chi connectivity index (χ0n) is 10.3. The van der Waals surface area contributed by atoms with Crippen molar-refractivity contribution in [3.05, 3.63) is 11.8 Å². The van der Waals surface area contributed by atoms with Gasteiger partial charge in [-0.25, -0.2) is 4.79 Å². The summed E-state index contributed by atoms with van der Waals surface area (Å²) in [6, 6.07) is 0.220. The molecule has 1 aromatic heterocycles. The Bertz CT molecular complexity index is 446. The Kier molecular flexibility index (Phi) is 2.91. The lowest BCUT2D eigenvalue weighted by atomic mass is 10.0. The van der Waals surface area contributed by atoms with E-state index in [0.717, 1.165) is 25.9 Å². The van der Waals surface area contributed by atoms with E-state index in [2.05, 4.69) is 20.8 Å². The summed E-state index contributed by atoms with van der Waals surface area (Å²) in [7, 11) is 1.88. The molecule has 2 unspecified atom stereocenters. The van der Waals surface area contributed by atoms with Gasteiger partial charge in [0.25, 0.3) is 0 Å². The van der Waals surface area contributed by atoms with Gasteiger partial charge in [0.15, 0.2) is 0 Å². The Morgan fingerprint density at radius 1 is 1.50 bits per heavy atom. The second-order valence-electron chi connectivity index (χ2n) is 4.78. The van der Waals surface area contributed by atoms with Gasteiger partial charge in [0.05, 0.1) is 0 Å². The average Bonchev–Trinajstić information content (AvgIpc) is 2.94. The lowest BCUT2D eigenvalue weighted by molar-refractivity contribution is 0.167. The molecule has 2 aliphatic rings. The van der Waals surface area contributed by atoms with Crippen molar-refractivity contribution in [3.8, 4) is 0 Å². The molecule has 2 bridgehead atoms. The molecule has 1 aromatic rings. The summed E-state index contributed by atoms with van der Waals surface area (Å²) in [6.45, 7) is 1.55. The van der Waals surface area contributed by atoms with Gasteiger partial charge in [-0.2, -0.15) is 0 Å². The largest absolute Gasteiger partial charge is 0.423 e. The number of urea groups is 1. The number of aromatic nitrogens is 2. The number of nitrogens with one attached hydrogen (secondary N) is 2. The number of carbonyl (C=O) groups excluding carboxylic acids is 1. The van der Waals surface area contributed by atoms with Crippen LogP contribution in [0.5, 0.6) is 0 Å². The topological polar surface area (TPSA) is 83.3 Å². The second-order valence-corrected chi connectivity index (χ2v) is 4.78.